The second-order valence-corrected chi connectivity index (χ2v) is 6.11. The Morgan fingerprint density at radius 2 is 1.82 bits per heavy atom. The number of methoxy groups -OCH3 is 1. The zero-order valence-electron chi connectivity index (χ0n) is 12.9. The number of para-hydroxylation sites is 1. The van der Waals surface area contributed by atoms with Crippen LogP contribution in [0.1, 0.15) is 18.9 Å². The summed E-state index contributed by atoms with van der Waals surface area (Å²) in [6.07, 6.45) is 0.767. The minimum Gasteiger partial charge on any atom is -0.496 e. The van der Waals surface area contributed by atoms with Gasteiger partial charge in [-0.25, -0.2) is 0 Å². The van der Waals surface area contributed by atoms with Crippen LogP contribution in [0.2, 0.25) is 0 Å². The molecule has 0 aliphatic rings. The largest absolute Gasteiger partial charge is 0.496 e. The van der Waals surface area contributed by atoms with E-state index in [0.717, 1.165) is 22.6 Å². The highest BCUT2D eigenvalue weighted by Gasteiger charge is 2.19. The van der Waals surface area contributed by atoms with Crippen LogP contribution in [0.4, 0.5) is 0 Å². The molecule has 0 saturated heterocycles. The van der Waals surface area contributed by atoms with Gasteiger partial charge in [-0.15, -0.1) is 11.8 Å². The first kappa shape index (κ1) is 16.4. The first-order chi connectivity index (χ1) is 10.7. The Kier molecular flexibility index (Phi) is 6.34. The number of benzene rings is 2. The third-order valence-electron chi connectivity index (χ3n) is 3.31. The lowest BCUT2D eigenvalue weighted by Gasteiger charge is -2.16. The Labute approximate surface area is 136 Å². The number of amides is 1. The molecule has 2 rings (SSSR count). The molecule has 2 aromatic rings. The molecule has 3 nitrogen and oxygen atoms in total. The lowest BCUT2D eigenvalue weighted by Crippen LogP contribution is -2.31. The van der Waals surface area contributed by atoms with Gasteiger partial charge in [0.2, 0.25) is 5.91 Å². The molecule has 22 heavy (non-hydrogen) atoms. The van der Waals surface area contributed by atoms with E-state index in [1.165, 1.54) is 0 Å². The molecule has 116 valence electrons. The van der Waals surface area contributed by atoms with Gasteiger partial charge in [0.25, 0.3) is 0 Å². The SMILES string of the molecule is CCC(Sc1ccccc1OC)C(=O)NCc1ccccc1. The Bertz CT molecular complexity index is 601. The Morgan fingerprint density at radius 3 is 2.50 bits per heavy atom. The van der Waals surface area contributed by atoms with Crippen LogP contribution in [0.5, 0.6) is 5.75 Å². The van der Waals surface area contributed by atoms with Crippen LogP contribution in [-0.2, 0) is 11.3 Å². The number of carbonyl (C=O) groups is 1. The molecule has 0 aliphatic carbocycles. The molecule has 0 spiro atoms. The summed E-state index contributed by atoms with van der Waals surface area (Å²) in [5, 5.41) is 2.88. The summed E-state index contributed by atoms with van der Waals surface area (Å²) in [5.74, 6) is 0.865. The van der Waals surface area contributed by atoms with E-state index in [0.29, 0.717) is 6.54 Å². The van der Waals surface area contributed by atoms with Crippen LogP contribution in [0.15, 0.2) is 59.5 Å². The highest BCUT2D eigenvalue weighted by molar-refractivity contribution is 8.00. The van der Waals surface area contributed by atoms with Crippen LogP contribution < -0.4 is 10.1 Å². The van der Waals surface area contributed by atoms with Gasteiger partial charge in [0.1, 0.15) is 5.75 Å². The average Bonchev–Trinajstić information content (AvgIpc) is 2.58. The average molecular weight is 315 g/mol. The second kappa shape index (κ2) is 8.49. The monoisotopic (exact) mass is 315 g/mol. The number of hydrogen-bond donors (Lipinski definition) is 1. The highest BCUT2D eigenvalue weighted by atomic mass is 32.2. The lowest BCUT2D eigenvalue weighted by molar-refractivity contribution is -0.120. The van der Waals surface area contributed by atoms with Crippen LogP contribution in [0, 0.1) is 0 Å². The zero-order chi connectivity index (χ0) is 15.8. The van der Waals surface area contributed by atoms with E-state index in [4.69, 9.17) is 4.74 Å². The van der Waals surface area contributed by atoms with E-state index in [-0.39, 0.29) is 11.2 Å². The van der Waals surface area contributed by atoms with Gasteiger partial charge in [-0.2, -0.15) is 0 Å². The maximum atomic E-state index is 12.4. The summed E-state index contributed by atoms with van der Waals surface area (Å²) in [5.41, 5.74) is 1.10. The normalized spacial score (nSPS) is 11.7. The smallest absolute Gasteiger partial charge is 0.233 e. The van der Waals surface area contributed by atoms with Crippen molar-refractivity contribution in [3.8, 4) is 5.75 Å². The van der Waals surface area contributed by atoms with Gasteiger partial charge in [-0.05, 0) is 24.1 Å². The van der Waals surface area contributed by atoms with Crippen LogP contribution in [0.3, 0.4) is 0 Å². The predicted molar refractivity (Wildman–Crippen MR) is 91.2 cm³/mol. The fourth-order valence-electron chi connectivity index (χ4n) is 2.09. The fourth-order valence-corrected chi connectivity index (χ4v) is 3.18. The second-order valence-electron chi connectivity index (χ2n) is 4.87. The quantitative estimate of drug-likeness (QED) is 0.788. The molecule has 2 aromatic carbocycles. The number of rotatable bonds is 7. The van der Waals surface area contributed by atoms with Crippen molar-refractivity contribution in [2.24, 2.45) is 0 Å². The van der Waals surface area contributed by atoms with Crippen molar-refractivity contribution in [2.75, 3.05) is 7.11 Å². The molecule has 0 aromatic heterocycles. The summed E-state index contributed by atoms with van der Waals surface area (Å²) in [6.45, 7) is 2.58. The molecule has 1 unspecified atom stereocenters. The van der Waals surface area contributed by atoms with Gasteiger partial charge in [0, 0.05) is 6.54 Å². The molecular weight excluding hydrogens is 294 g/mol. The molecule has 0 heterocycles. The zero-order valence-corrected chi connectivity index (χ0v) is 13.7. The van der Waals surface area contributed by atoms with Crippen molar-refractivity contribution in [2.45, 2.75) is 30.0 Å². The van der Waals surface area contributed by atoms with Crippen molar-refractivity contribution >= 4 is 17.7 Å². The first-order valence-corrected chi connectivity index (χ1v) is 8.24. The number of ether oxygens (including phenoxy) is 1. The molecule has 1 atom stereocenters. The van der Waals surface area contributed by atoms with Crippen molar-refractivity contribution < 1.29 is 9.53 Å². The van der Waals surface area contributed by atoms with Crippen molar-refractivity contribution in [1.82, 2.24) is 5.32 Å². The third kappa shape index (κ3) is 4.53. The number of hydrogen-bond acceptors (Lipinski definition) is 3. The summed E-state index contributed by atoms with van der Waals surface area (Å²) in [4.78, 5) is 13.4. The first-order valence-electron chi connectivity index (χ1n) is 7.36. The molecule has 4 heteroatoms. The summed E-state index contributed by atoms with van der Waals surface area (Å²) >= 11 is 1.55. The predicted octanol–water partition coefficient (Wildman–Crippen LogP) is 3.88. The molecular formula is C18H21NO2S. The molecule has 0 aliphatic heterocycles. The van der Waals surface area contributed by atoms with E-state index < -0.39 is 0 Å². The highest BCUT2D eigenvalue weighted by Crippen LogP contribution is 2.33. The van der Waals surface area contributed by atoms with Gasteiger partial charge in [-0.3, -0.25) is 4.79 Å². The van der Waals surface area contributed by atoms with E-state index in [2.05, 4.69) is 5.32 Å². The van der Waals surface area contributed by atoms with E-state index in [9.17, 15) is 4.79 Å². The van der Waals surface area contributed by atoms with Gasteiger partial charge in [0.05, 0.1) is 17.3 Å². The molecule has 0 radical (unpaired) electrons. The van der Waals surface area contributed by atoms with Gasteiger partial charge < -0.3 is 10.1 Å². The standard InChI is InChI=1S/C18H21NO2S/c1-3-16(22-17-12-8-7-11-15(17)21-2)18(20)19-13-14-9-5-4-6-10-14/h4-12,16H,3,13H2,1-2H3,(H,19,20). The van der Waals surface area contributed by atoms with E-state index in [1.54, 1.807) is 18.9 Å². The van der Waals surface area contributed by atoms with Crippen molar-refractivity contribution in [3.05, 3.63) is 60.2 Å². The molecule has 0 bridgehead atoms. The molecule has 0 fully saturated rings. The minimum absolute atomic E-state index is 0.0576. The topological polar surface area (TPSA) is 38.3 Å². The van der Waals surface area contributed by atoms with Crippen molar-refractivity contribution in [3.63, 3.8) is 0 Å². The van der Waals surface area contributed by atoms with Crippen LogP contribution in [0.25, 0.3) is 0 Å². The Balaban J connectivity index is 1.97. The summed E-state index contributed by atoms with van der Waals surface area (Å²) < 4.78 is 5.35. The van der Waals surface area contributed by atoms with Crippen LogP contribution in [-0.4, -0.2) is 18.3 Å². The Hall–Kier alpha value is -1.94. The maximum Gasteiger partial charge on any atom is 0.233 e. The number of carbonyl (C=O) groups excluding carboxylic acids is 1. The molecule has 0 saturated carbocycles. The van der Waals surface area contributed by atoms with Gasteiger partial charge in [0.15, 0.2) is 0 Å². The maximum absolute atomic E-state index is 12.4. The lowest BCUT2D eigenvalue weighted by atomic mass is 10.2. The minimum atomic E-state index is -0.125. The van der Waals surface area contributed by atoms with Gasteiger partial charge >= 0.3 is 0 Å². The molecule has 1 N–H and O–H groups in total. The number of nitrogens with one attached hydrogen (secondary N) is 1. The molecule has 1 amide bonds. The van der Waals surface area contributed by atoms with E-state index in [1.807, 2.05) is 61.5 Å². The fraction of sp³-hybridized carbons (Fsp3) is 0.278. The van der Waals surface area contributed by atoms with Crippen molar-refractivity contribution in [1.29, 1.82) is 0 Å². The van der Waals surface area contributed by atoms with Crippen LogP contribution >= 0.6 is 11.8 Å². The third-order valence-corrected chi connectivity index (χ3v) is 4.73. The summed E-state index contributed by atoms with van der Waals surface area (Å²) in [6, 6.07) is 17.7. The van der Waals surface area contributed by atoms with Gasteiger partial charge in [-0.1, -0.05) is 49.4 Å². The summed E-state index contributed by atoms with van der Waals surface area (Å²) in [7, 11) is 1.65. The van der Waals surface area contributed by atoms with E-state index >= 15 is 0 Å². The number of thioether (sulfide) groups is 1. The Morgan fingerprint density at radius 1 is 1.14 bits per heavy atom.